The van der Waals surface area contributed by atoms with Crippen LogP contribution in [0.25, 0.3) is 10.6 Å². The number of thiophene rings is 1. The van der Waals surface area contributed by atoms with Gasteiger partial charge in [-0.25, -0.2) is 21.6 Å². The van der Waals surface area contributed by atoms with Gasteiger partial charge in [0.05, 0.1) is 10.6 Å². The highest BCUT2D eigenvalue weighted by Crippen LogP contribution is 2.31. The molecule has 0 unspecified atom stereocenters. The molecule has 0 aliphatic heterocycles. The van der Waals surface area contributed by atoms with Crippen molar-refractivity contribution in [2.24, 2.45) is 7.05 Å². The summed E-state index contributed by atoms with van der Waals surface area (Å²) in [5.74, 6) is -4.77. The van der Waals surface area contributed by atoms with E-state index in [0.29, 0.717) is 10.9 Å². The maximum absolute atomic E-state index is 13.7. The van der Waals surface area contributed by atoms with Gasteiger partial charge in [-0.1, -0.05) is 6.07 Å². The van der Waals surface area contributed by atoms with Crippen LogP contribution in [0.3, 0.4) is 0 Å². The summed E-state index contributed by atoms with van der Waals surface area (Å²) in [4.78, 5) is 0.401. The molecule has 0 amide bonds. The Labute approximate surface area is 139 Å². The van der Waals surface area contributed by atoms with E-state index in [2.05, 4.69) is 5.10 Å². The predicted octanol–water partition coefficient (Wildman–Crippen LogP) is 3.37. The normalized spacial score (nSPS) is 11.7. The number of nitrogens with one attached hydrogen (secondary N) is 1. The Kier molecular flexibility index (Phi) is 4.10. The van der Waals surface area contributed by atoms with Gasteiger partial charge in [0.1, 0.15) is 10.6 Å². The molecule has 0 aliphatic carbocycles. The molecule has 0 saturated carbocycles. The van der Waals surface area contributed by atoms with Gasteiger partial charge in [-0.15, -0.1) is 11.3 Å². The molecule has 2 heterocycles. The number of hydrogen-bond donors (Lipinski definition) is 1. The molecule has 0 atom stereocenters. The van der Waals surface area contributed by atoms with Crippen molar-refractivity contribution in [3.05, 3.63) is 53.3 Å². The van der Waals surface area contributed by atoms with Crippen molar-refractivity contribution in [1.82, 2.24) is 9.78 Å². The van der Waals surface area contributed by atoms with Crippen LogP contribution in [0.5, 0.6) is 0 Å². The van der Waals surface area contributed by atoms with Crippen LogP contribution in [0.1, 0.15) is 0 Å². The number of nitrogens with zero attached hydrogens (tertiary/aromatic N) is 2. The Morgan fingerprint density at radius 1 is 1.17 bits per heavy atom. The van der Waals surface area contributed by atoms with Gasteiger partial charge in [-0.3, -0.25) is 9.40 Å². The smallest absolute Gasteiger partial charge is 0.265 e. The molecule has 1 N–H and O–H groups in total. The second kappa shape index (κ2) is 5.95. The molecule has 0 radical (unpaired) electrons. The van der Waals surface area contributed by atoms with Crippen LogP contribution >= 0.6 is 11.3 Å². The summed E-state index contributed by atoms with van der Waals surface area (Å²) in [5, 5.41) is 5.85. The van der Waals surface area contributed by atoms with Gasteiger partial charge in [-0.05, 0) is 23.6 Å². The Bertz CT molecular complexity index is 999. The average molecular weight is 373 g/mol. The zero-order chi connectivity index (χ0) is 17.5. The van der Waals surface area contributed by atoms with E-state index in [1.165, 1.54) is 29.3 Å². The highest BCUT2D eigenvalue weighted by Gasteiger charge is 2.26. The van der Waals surface area contributed by atoms with E-state index in [-0.39, 0.29) is 10.6 Å². The Hall–Kier alpha value is -2.33. The third-order valence-corrected chi connectivity index (χ3v) is 5.36. The highest BCUT2D eigenvalue weighted by atomic mass is 32.2. The van der Waals surface area contributed by atoms with E-state index in [0.717, 1.165) is 6.07 Å². The van der Waals surface area contributed by atoms with Crippen LogP contribution in [-0.2, 0) is 17.1 Å². The Morgan fingerprint density at radius 3 is 2.58 bits per heavy atom. The maximum atomic E-state index is 13.7. The van der Waals surface area contributed by atoms with Gasteiger partial charge in [0.15, 0.2) is 17.5 Å². The minimum absolute atomic E-state index is 0.183. The van der Waals surface area contributed by atoms with E-state index in [1.807, 2.05) is 4.72 Å². The van der Waals surface area contributed by atoms with Gasteiger partial charge in [0.2, 0.25) is 0 Å². The molecule has 0 spiro atoms. The summed E-state index contributed by atoms with van der Waals surface area (Å²) < 4.78 is 68.3. The number of sulfonamides is 1. The summed E-state index contributed by atoms with van der Waals surface area (Å²) in [6.07, 6.45) is 1.25. The quantitative estimate of drug-likeness (QED) is 0.713. The number of aryl methyl sites for hydroxylation is 1. The van der Waals surface area contributed by atoms with E-state index >= 15 is 0 Å². The van der Waals surface area contributed by atoms with Crippen molar-refractivity contribution >= 4 is 27.0 Å². The summed E-state index contributed by atoms with van der Waals surface area (Å²) >= 11 is 1.28. The lowest BCUT2D eigenvalue weighted by molar-refractivity contribution is 0.449. The second-order valence-corrected chi connectivity index (χ2v) is 7.42. The average Bonchev–Trinajstić information content (AvgIpc) is 3.17. The number of halogens is 3. The zero-order valence-electron chi connectivity index (χ0n) is 12.1. The van der Waals surface area contributed by atoms with Crippen LogP contribution in [0.2, 0.25) is 0 Å². The second-order valence-electron chi connectivity index (χ2n) is 4.82. The van der Waals surface area contributed by atoms with E-state index in [4.69, 9.17) is 0 Å². The van der Waals surface area contributed by atoms with E-state index in [9.17, 15) is 21.6 Å². The number of benzene rings is 1. The molecule has 2 aromatic heterocycles. The molecule has 126 valence electrons. The van der Waals surface area contributed by atoms with Crippen molar-refractivity contribution in [1.29, 1.82) is 0 Å². The first-order valence-corrected chi connectivity index (χ1v) is 8.89. The van der Waals surface area contributed by atoms with Gasteiger partial charge >= 0.3 is 0 Å². The molecule has 10 heteroatoms. The lowest BCUT2D eigenvalue weighted by Gasteiger charge is -2.09. The van der Waals surface area contributed by atoms with Crippen LogP contribution in [0.15, 0.2) is 40.7 Å². The number of anilines is 1. The molecule has 5 nitrogen and oxygen atoms in total. The fourth-order valence-electron chi connectivity index (χ4n) is 2.05. The standard InChI is InChI=1S/C14H10F3N3O2S2/c1-20-7-11(14(18-20)10-3-2-6-23-10)24(21,22)19-9-5-4-8(15)12(16)13(9)17/h2-7,19H,1H3. The number of rotatable bonds is 4. The predicted molar refractivity (Wildman–Crippen MR) is 83.6 cm³/mol. The van der Waals surface area contributed by atoms with Gasteiger partial charge < -0.3 is 0 Å². The SMILES string of the molecule is Cn1cc(S(=O)(=O)Nc2ccc(F)c(F)c2F)c(-c2cccs2)n1. The minimum Gasteiger partial charge on any atom is -0.276 e. The molecule has 3 rings (SSSR count). The van der Waals surface area contributed by atoms with Gasteiger partial charge in [0, 0.05) is 13.2 Å². The molecular weight excluding hydrogens is 363 g/mol. The van der Waals surface area contributed by atoms with Crippen LogP contribution in [-0.4, -0.2) is 18.2 Å². The molecule has 1 aromatic carbocycles. The summed E-state index contributed by atoms with van der Waals surface area (Å²) in [7, 11) is -2.72. The molecule has 0 bridgehead atoms. The molecule has 3 aromatic rings. The van der Waals surface area contributed by atoms with Crippen molar-refractivity contribution in [2.45, 2.75) is 4.90 Å². The monoisotopic (exact) mass is 373 g/mol. The van der Waals surface area contributed by atoms with Crippen LogP contribution < -0.4 is 4.72 Å². The van der Waals surface area contributed by atoms with Crippen LogP contribution in [0.4, 0.5) is 18.9 Å². The summed E-state index contributed by atoms with van der Waals surface area (Å²) in [5.41, 5.74) is -0.502. The topological polar surface area (TPSA) is 64.0 Å². The maximum Gasteiger partial charge on any atom is 0.265 e. The summed E-state index contributed by atoms with van der Waals surface area (Å²) in [6, 6.07) is 4.86. The third kappa shape index (κ3) is 2.89. The van der Waals surface area contributed by atoms with Crippen molar-refractivity contribution in [2.75, 3.05) is 4.72 Å². The molecule has 0 saturated heterocycles. The van der Waals surface area contributed by atoms with Crippen molar-refractivity contribution in [3.8, 4) is 10.6 Å². The summed E-state index contributed by atoms with van der Waals surface area (Å²) in [6.45, 7) is 0. The molecule has 24 heavy (non-hydrogen) atoms. The lowest BCUT2D eigenvalue weighted by atomic mass is 10.3. The van der Waals surface area contributed by atoms with Crippen molar-refractivity contribution in [3.63, 3.8) is 0 Å². The zero-order valence-corrected chi connectivity index (χ0v) is 13.8. The molecule has 0 fully saturated rings. The fraction of sp³-hybridized carbons (Fsp3) is 0.0714. The van der Waals surface area contributed by atoms with Crippen molar-refractivity contribution < 1.29 is 21.6 Å². The third-order valence-electron chi connectivity index (χ3n) is 3.12. The lowest BCUT2D eigenvalue weighted by Crippen LogP contribution is -2.15. The Balaban J connectivity index is 2.06. The van der Waals surface area contributed by atoms with Gasteiger partial charge in [-0.2, -0.15) is 5.10 Å². The largest absolute Gasteiger partial charge is 0.276 e. The minimum atomic E-state index is -4.26. The Morgan fingerprint density at radius 2 is 1.92 bits per heavy atom. The van der Waals surface area contributed by atoms with Gasteiger partial charge in [0.25, 0.3) is 10.0 Å². The highest BCUT2D eigenvalue weighted by molar-refractivity contribution is 7.92. The first-order chi connectivity index (χ1) is 11.3. The van der Waals surface area contributed by atoms with E-state index in [1.54, 1.807) is 17.5 Å². The first kappa shape index (κ1) is 16.5. The number of hydrogen-bond acceptors (Lipinski definition) is 4. The van der Waals surface area contributed by atoms with Crippen LogP contribution in [0, 0.1) is 17.5 Å². The van der Waals surface area contributed by atoms with E-state index < -0.39 is 33.2 Å². The fourth-order valence-corrected chi connectivity index (χ4v) is 4.09. The first-order valence-electron chi connectivity index (χ1n) is 6.53. The molecular formula is C14H10F3N3O2S2. The number of aromatic nitrogens is 2. The molecule has 0 aliphatic rings.